The van der Waals surface area contributed by atoms with Gasteiger partial charge < -0.3 is 0 Å². The van der Waals surface area contributed by atoms with Crippen LogP contribution in [0.1, 0.15) is 11.3 Å². The summed E-state index contributed by atoms with van der Waals surface area (Å²) in [6, 6.07) is 13.5. The van der Waals surface area contributed by atoms with Crippen molar-refractivity contribution in [2.75, 3.05) is 5.75 Å². The van der Waals surface area contributed by atoms with Gasteiger partial charge in [-0.1, -0.05) is 23.8 Å². The highest BCUT2D eigenvalue weighted by Crippen LogP contribution is 2.21. The number of pyridine rings is 1. The number of thioether (sulfide) groups is 1. The van der Waals surface area contributed by atoms with Crippen LogP contribution in [0, 0.1) is 6.92 Å². The number of hydrogen-bond donors (Lipinski definition) is 2. The molecule has 0 spiro atoms. The maximum absolute atomic E-state index is 12.0. The van der Waals surface area contributed by atoms with Crippen molar-refractivity contribution in [1.82, 2.24) is 20.8 Å². The lowest BCUT2D eigenvalue weighted by Gasteiger charge is -2.06. The number of aryl methyl sites for hydroxylation is 1. The fourth-order valence-electron chi connectivity index (χ4n) is 2.16. The first-order valence-electron chi connectivity index (χ1n) is 8.23. The number of nitrogens with zero attached hydrogens (tertiary/aromatic N) is 2. The van der Waals surface area contributed by atoms with Crippen LogP contribution in [-0.2, 0) is 16.0 Å². The molecule has 0 bridgehead atoms. The Bertz CT molecular complexity index is 911. The van der Waals surface area contributed by atoms with E-state index in [1.807, 2.05) is 54.8 Å². The van der Waals surface area contributed by atoms with Gasteiger partial charge in [0.2, 0.25) is 11.8 Å². The first-order chi connectivity index (χ1) is 13.1. The first kappa shape index (κ1) is 19.1. The third-order valence-corrected chi connectivity index (χ3v) is 5.44. The van der Waals surface area contributed by atoms with Gasteiger partial charge >= 0.3 is 0 Å². The molecule has 0 atom stereocenters. The minimum atomic E-state index is -0.318. The third-order valence-electron chi connectivity index (χ3n) is 3.51. The Morgan fingerprint density at radius 3 is 2.59 bits per heavy atom. The molecule has 0 aliphatic carbocycles. The Kier molecular flexibility index (Phi) is 6.56. The van der Waals surface area contributed by atoms with E-state index in [4.69, 9.17) is 0 Å². The number of carbonyl (C=O) groups excluding carboxylic acids is 2. The highest BCUT2D eigenvalue weighted by Gasteiger charge is 2.10. The highest BCUT2D eigenvalue weighted by atomic mass is 32.2. The zero-order valence-electron chi connectivity index (χ0n) is 14.6. The standard InChI is InChI=1S/C19H18N4O2S2/c1-13-5-7-15(8-6-13)26-12-18(25)23-22-17(24)10-14-11-27-19(21-14)16-4-2-3-9-20-16/h2-9,11H,10,12H2,1H3,(H,22,24)(H,23,25). The molecule has 2 aromatic heterocycles. The van der Waals surface area contributed by atoms with Crippen molar-refractivity contribution in [3.8, 4) is 10.7 Å². The van der Waals surface area contributed by atoms with Gasteiger partial charge in [-0.2, -0.15) is 0 Å². The van der Waals surface area contributed by atoms with E-state index in [0.29, 0.717) is 5.69 Å². The minimum Gasteiger partial charge on any atom is -0.273 e. The number of rotatable bonds is 6. The van der Waals surface area contributed by atoms with Crippen molar-refractivity contribution >= 4 is 34.9 Å². The van der Waals surface area contributed by atoms with Crippen LogP contribution in [0.15, 0.2) is 58.9 Å². The quantitative estimate of drug-likeness (QED) is 0.493. The van der Waals surface area contributed by atoms with Gasteiger partial charge in [-0.25, -0.2) is 4.98 Å². The summed E-state index contributed by atoms with van der Waals surface area (Å²) in [5.74, 6) is -0.355. The molecule has 2 N–H and O–H groups in total. The first-order valence-corrected chi connectivity index (χ1v) is 10.1. The molecule has 0 unspecified atom stereocenters. The largest absolute Gasteiger partial charge is 0.273 e. The van der Waals surface area contributed by atoms with Crippen LogP contribution in [0.25, 0.3) is 10.7 Å². The summed E-state index contributed by atoms with van der Waals surface area (Å²) < 4.78 is 0. The van der Waals surface area contributed by atoms with Crippen LogP contribution in [0.4, 0.5) is 0 Å². The second kappa shape index (κ2) is 9.29. The van der Waals surface area contributed by atoms with E-state index in [2.05, 4.69) is 20.8 Å². The van der Waals surface area contributed by atoms with Crippen LogP contribution in [-0.4, -0.2) is 27.5 Å². The van der Waals surface area contributed by atoms with Crippen molar-refractivity contribution in [2.45, 2.75) is 18.2 Å². The van der Waals surface area contributed by atoms with E-state index in [1.165, 1.54) is 28.7 Å². The maximum atomic E-state index is 12.0. The predicted octanol–water partition coefficient (Wildman–Crippen LogP) is 3.00. The average molecular weight is 399 g/mol. The van der Waals surface area contributed by atoms with Crippen LogP contribution in [0.3, 0.4) is 0 Å². The Balaban J connectivity index is 1.42. The van der Waals surface area contributed by atoms with E-state index < -0.39 is 0 Å². The fraction of sp³-hybridized carbons (Fsp3) is 0.158. The van der Waals surface area contributed by atoms with Crippen molar-refractivity contribution in [1.29, 1.82) is 0 Å². The van der Waals surface area contributed by atoms with Gasteiger partial charge in [0.05, 0.1) is 23.6 Å². The van der Waals surface area contributed by atoms with Gasteiger partial charge in [-0.15, -0.1) is 23.1 Å². The van der Waals surface area contributed by atoms with Gasteiger partial charge in [0, 0.05) is 16.5 Å². The summed E-state index contributed by atoms with van der Waals surface area (Å²) in [6.45, 7) is 2.01. The maximum Gasteiger partial charge on any atom is 0.248 e. The molecular weight excluding hydrogens is 380 g/mol. The summed E-state index contributed by atoms with van der Waals surface area (Å²) in [6.07, 6.45) is 1.79. The molecule has 1 aromatic carbocycles. The number of benzene rings is 1. The number of thiazole rings is 1. The molecule has 0 aliphatic rings. The summed E-state index contributed by atoms with van der Waals surface area (Å²) in [7, 11) is 0. The number of hydrazine groups is 1. The summed E-state index contributed by atoms with van der Waals surface area (Å²) in [5, 5.41) is 2.58. The molecule has 2 amide bonds. The van der Waals surface area contributed by atoms with Gasteiger partial charge in [-0.05, 0) is 31.2 Å². The van der Waals surface area contributed by atoms with E-state index in [9.17, 15) is 9.59 Å². The molecule has 0 radical (unpaired) electrons. The molecule has 6 nitrogen and oxygen atoms in total. The molecule has 0 saturated heterocycles. The Morgan fingerprint density at radius 2 is 1.85 bits per heavy atom. The van der Waals surface area contributed by atoms with Gasteiger partial charge in [0.1, 0.15) is 5.01 Å². The van der Waals surface area contributed by atoms with Crippen molar-refractivity contribution in [2.24, 2.45) is 0 Å². The van der Waals surface area contributed by atoms with Crippen LogP contribution >= 0.6 is 23.1 Å². The Labute approximate surface area is 165 Å². The van der Waals surface area contributed by atoms with E-state index in [-0.39, 0.29) is 24.0 Å². The Morgan fingerprint density at radius 1 is 1.07 bits per heavy atom. The molecule has 138 valence electrons. The summed E-state index contributed by atoms with van der Waals surface area (Å²) in [5.41, 5.74) is 7.43. The number of amides is 2. The third kappa shape index (κ3) is 5.90. The van der Waals surface area contributed by atoms with Gasteiger partial charge in [0.25, 0.3) is 0 Å². The van der Waals surface area contributed by atoms with Gasteiger partial charge in [0.15, 0.2) is 0 Å². The monoisotopic (exact) mass is 398 g/mol. The number of nitrogens with one attached hydrogen (secondary N) is 2. The molecule has 2 heterocycles. The van der Waals surface area contributed by atoms with E-state index >= 15 is 0 Å². The second-order valence-corrected chi connectivity index (χ2v) is 7.64. The number of aromatic nitrogens is 2. The van der Waals surface area contributed by atoms with E-state index in [1.54, 1.807) is 6.20 Å². The van der Waals surface area contributed by atoms with Crippen molar-refractivity contribution in [3.05, 3.63) is 65.3 Å². The predicted molar refractivity (Wildman–Crippen MR) is 107 cm³/mol. The topological polar surface area (TPSA) is 84.0 Å². The lowest BCUT2D eigenvalue weighted by Crippen LogP contribution is -2.43. The minimum absolute atomic E-state index is 0.0920. The highest BCUT2D eigenvalue weighted by molar-refractivity contribution is 8.00. The van der Waals surface area contributed by atoms with E-state index in [0.717, 1.165) is 15.6 Å². The van der Waals surface area contributed by atoms with Crippen molar-refractivity contribution in [3.63, 3.8) is 0 Å². The smallest absolute Gasteiger partial charge is 0.248 e. The Hall–Kier alpha value is -2.71. The van der Waals surface area contributed by atoms with Crippen molar-refractivity contribution < 1.29 is 9.59 Å². The van der Waals surface area contributed by atoms with Gasteiger partial charge in [-0.3, -0.25) is 25.4 Å². The zero-order valence-corrected chi connectivity index (χ0v) is 16.3. The molecule has 0 saturated carbocycles. The van der Waals surface area contributed by atoms with Crippen LogP contribution in [0.5, 0.6) is 0 Å². The average Bonchev–Trinajstić information content (AvgIpc) is 3.15. The second-order valence-electron chi connectivity index (χ2n) is 5.73. The fourth-order valence-corrected chi connectivity index (χ4v) is 3.66. The molecule has 8 heteroatoms. The summed E-state index contributed by atoms with van der Waals surface area (Å²) in [4.78, 5) is 33.5. The normalized spacial score (nSPS) is 10.4. The molecule has 3 rings (SSSR count). The number of hydrogen-bond acceptors (Lipinski definition) is 6. The zero-order chi connectivity index (χ0) is 19.1. The lowest BCUT2D eigenvalue weighted by molar-refractivity contribution is -0.127. The summed E-state index contributed by atoms with van der Waals surface area (Å²) >= 11 is 2.84. The molecular formula is C19H18N4O2S2. The SMILES string of the molecule is Cc1ccc(SCC(=O)NNC(=O)Cc2csc(-c3ccccn3)n2)cc1. The number of carbonyl (C=O) groups is 2. The molecule has 0 fully saturated rings. The van der Waals surface area contributed by atoms with Crippen LogP contribution in [0.2, 0.25) is 0 Å². The molecule has 27 heavy (non-hydrogen) atoms. The van der Waals surface area contributed by atoms with Crippen LogP contribution < -0.4 is 10.9 Å². The molecule has 0 aliphatic heterocycles. The molecule has 3 aromatic rings. The lowest BCUT2D eigenvalue weighted by atomic mass is 10.2.